The third kappa shape index (κ3) is 4.20. The largest absolute Gasteiger partial charge is 0.409 e. The predicted molar refractivity (Wildman–Crippen MR) is 71.4 cm³/mol. The molecule has 0 radical (unpaired) electrons. The van der Waals surface area contributed by atoms with E-state index in [1.54, 1.807) is 4.90 Å². The van der Waals surface area contributed by atoms with E-state index >= 15 is 0 Å². The van der Waals surface area contributed by atoms with Gasteiger partial charge in [0.15, 0.2) is 0 Å². The fourth-order valence-corrected chi connectivity index (χ4v) is 2.51. The molecule has 5 nitrogen and oxygen atoms in total. The molecule has 0 aromatic heterocycles. The average Bonchev–Trinajstić information content (AvgIpc) is 2.65. The van der Waals surface area contributed by atoms with Crippen molar-refractivity contribution in [1.82, 2.24) is 4.90 Å². The molecule has 1 saturated carbocycles. The Bertz CT molecular complexity index is 297. The maximum atomic E-state index is 12.3. The van der Waals surface area contributed by atoms with E-state index < -0.39 is 0 Å². The number of hydrogen-bond donors (Lipinski definition) is 2. The smallest absolute Gasteiger partial charge is 0.225 e. The number of nitrogens with two attached hydrogens (primary N) is 1. The van der Waals surface area contributed by atoms with Gasteiger partial charge in [-0.3, -0.25) is 4.79 Å². The maximum absolute atomic E-state index is 12.3. The highest BCUT2D eigenvalue weighted by atomic mass is 16.4. The third-order valence-electron chi connectivity index (χ3n) is 3.85. The van der Waals surface area contributed by atoms with E-state index in [1.165, 1.54) is 12.8 Å². The van der Waals surface area contributed by atoms with Crippen LogP contribution in [-0.4, -0.2) is 34.9 Å². The molecular formula is C13H25N3O2. The van der Waals surface area contributed by atoms with E-state index in [9.17, 15) is 4.79 Å². The fraction of sp³-hybridized carbons (Fsp3) is 0.846. The molecule has 3 N–H and O–H groups in total. The predicted octanol–water partition coefficient (Wildman–Crippen LogP) is 1.94. The van der Waals surface area contributed by atoms with Crippen LogP contribution in [0.25, 0.3) is 0 Å². The average molecular weight is 255 g/mol. The SMILES string of the molecule is CC(CC(N)=NO)N(C)C(=O)C1CCCCCC1. The summed E-state index contributed by atoms with van der Waals surface area (Å²) >= 11 is 0. The first kappa shape index (κ1) is 14.8. The van der Waals surface area contributed by atoms with Crippen molar-refractivity contribution in [3.05, 3.63) is 0 Å². The molecule has 104 valence electrons. The van der Waals surface area contributed by atoms with Crippen LogP contribution in [0.3, 0.4) is 0 Å². The Kier molecular flexibility index (Phi) is 5.95. The van der Waals surface area contributed by atoms with Gasteiger partial charge in [0.25, 0.3) is 0 Å². The second-order valence-corrected chi connectivity index (χ2v) is 5.28. The van der Waals surface area contributed by atoms with Crippen molar-refractivity contribution < 1.29 is 10.0 Å². The standard InChI is InChI=1S/C13H25N3O2/c1-10(9-12(14)15-18)16(2)13(17)11-7-5-3-4-6-8-11/h10-11,18H,3-9H2,1-2H3,(H2,14,15). The molecule has 18 heavy (non-hydrogen) atoms. The summed E-state index contributed by atoms with van der Waals surface area (Å²) in [5.74, 6) is 0.533. The molecule has 1 unspecified atom stereocenters. The van der Waals surface area contributed by atoms with Crippen LogP contribution >= 0.6 is 0 Å². The van der Waals surface area contributed by atoms with Crippen LogP contribution < -0.4 is 5.73 Å². The van der Waals surface area contributed by atoms with Crippen molar-refractivity contribution in [1.29, 1.82) is 0 Å². The van der Waals surface area contributed by atoms with Crippen molar-refractivity contribution in [3.63, 3.8) is 0 Å². The molecule has 0 saturated heterocycles. The lowest BCUT2D eigenvalue weighted by molar-refractivity contribution is -0.136. The molecule has 1 aliphatic carbocycles. The van der Waals surface area contributed by atoms with Crippen LogP contribution in [0.4, 0.5) is 0 Å². The highest BCUT2D eigenvalue weighted by molar-refractivity contribution is 5.82. The van der Waals surface area contributed by atoms with Gasteiger partial charge >= 0.3 is 0 Å². The van der Waals surface area contributed by atoms with E-state index in [-0.39, 0.29) is 23.7 Å². The molecular weight excluding hydrogens is 230 g/mol. The van der Waals surface area contributed by atoms with Gasteiger partial charge < -0.3 is 15.8 Å². The number of rotatable bonds is 4. The number of carbonyl (C=O) groups excluding carboxylic acids is 1. The molecule has 1 aliphatic rings. The van der Waals surface area contributed by atoms with Gasteiger partial charge in [-0.05, 0) is 19.8 Å². The van der Waals surface area contributed by atoms with Crippen LogP contribution in [0.2, 0.25) is 0 Å². The topological polar surface area (TPSA) is 78.9 Å². The van der Waals surface area contributed by atoms with Crippen LogP contribution in [0, 0.1) is 5.92 Å². The second kappa shape index (κ2) is 7.24. The normalized spacial score (nSPS) is 20.2. The number of amidine groups is 1. The van der Waals surface area contributed by atoms with Gasteiger partial charge in [0.05, 0.1) is 0 Å². The van der Waals surface area contributed by atoms with E-state index in [2.05, 4.69) is 5.16 Å². The van der Waals surface area contributed by atoms with E-state index in [4.69, 9.17) is 10.9 Å². The molecule has 5 heteroatoms. The van der Waals surface area contributed by atoms with E-state index in [0.717, 1.165) is 25.7 Å². The Morgan fingerprint density at radius 2 is 1.94 bits per heavy atom. The molecule has 0 bridgehead atoms. The minimum Gasteiger partial charge on any atom is -0.409 e. The van der Waals surface area contributed by atoms with Gasteiger partial charge in [-0.25, -0.2) is 0 Å². The van der Waals surface area contributed by atoms with Crippen molar-refractivity contribution in [2.75, 3.05) is 7.05 Å². The molecule has 0 aromatic rings. The lowest BCUT2D eigenvalue weighted by Crippen LogP contribution is -2.41. The van der Waals surface area contributed by atoms with Crippen molar-refractivity contribution in [2.24, 2.45) is 16.8 Å². The number of hydrogen-bond acceptors (Lipinski definition) is 3. The minimum atomic E-state index is -0.0309. The Morgan fingerprint density at radius 1 is 1.39 bits per heavy atom. The zero-order valence-corrected chi connectivity index (χ0v) is 11.4. The molecule has 0 heterocycles. The summed E-state index contributed by atoms with van der Waals surface area (Å²) in [4.78, 5) is 14.1. The van der Waals surface area contributed by atoms with Crippen molar-refractivity contribution >= 4 is 11.7 Å². The van der Waals surface area contributed by atoms with Crippen LogP contribution in [0.1, 0.15) is 51.9 Å². The van der Waals surface area contributed by atoms with E-state index in [0.29, 0.717) is 6.42 Å². The lowest BCUT2D eigenvalue weighted by Gasteiger charge is -2.28. The zero-order chi connectivity index (χ0) is 13.5. The van der Waals surface area contributed by atoms with Gasteiger partial charge in [0, 0.05) is 25.4 Å². The summed E-state index contributed by atoms with van der Waals surface area (Å²) in [6.07, 6.45) is 7.20. The summed E-state index contributed by atoms with van der Waals surface area (Å²) in [5, 5.41) is 11.5. The highest BCUT2D eigenvalue weighted by Crippen LogP contribution is 2.25. The number of nitrogens with zero attached hydrogens (tertiary/aromatic N) is 2. The van der Waals surface area contributed by atoms with Gasteiger partial charge in [0.2, 0.25) is 5.91 Å². The summed E-state index contributed by atoms with van der Waals surface area (Å²) in [5.41, 5.74) is 5.48. The van der Waals surface area contributed by atoms with E-state index in [1.807, 2.05) is 14.0 Å². The first-order chi connectivity index (χ1) is 8.56. The van der Waals surface area contributed by atoms with Crippen molar-refractivity contribution in [2.45, 2.75) is 57.9 Å². The number of carbonyl (C=O) groups is 1. The monoisotopic (exact) mass is 255 g/mol. The number of amides is 1. The van der Waals surface area contributed by atoms with Crippen LogP contribution in [0.15, 0.2) is 5.16 Å². The summed E-state index contributed by atoms with van der Waals surface area (Å²) in [6.45, 7) is 1.92. The first-order valence-electron chi connectivity index (χ1n) is 6.79. The fourth-order valence-electron chi connectivity index (χ4n) is 2.51. The summed E-state index contributed by atoms with van der Waals surface area (Å²) < 4.78 is 0. The minimum absolute atomic E-state index is 0.0309. The molecule has 0 aliphatic heterocycles. The second-order valence-electron chi connectivity index (χ2n) is 5.28. The maximum Gasteiger partial charge on any atom is 0.225 e. The Hall–Kier alpha value is -1.26. The zero-order valence-electron chi connectivity index (χ0n) is 11.4. The summed E-state index contributed by atoms with van der Waals surface area (Å²) in [7, 11) is 1.81. The number of oxime groups is 1. The van der Waals surface area contributed by atoms with Gasteiger partial charge in [0.1, 0.15) is 5.84 Å². The quantitative estimate of drug-likeness (QED) is 0.265. The molecule has 1 rings (SSSR count). The van der Waals surface area contributed by atoms with Gasteiger partial charge in [-0.1, -0.05) is 30.8 Å². The van der Waals surface area contributed by atoms with Gasteiger partial charge in [-0.15, -0.1) is 0 Å². The summed E-state index contributed by atoms with van der Waals surface area (Å²) in [6, 6.07) is -0.0309. The van der Waals surface area contributed by atoms with Crippen LogP contribution in [-0.2, 0) is 4.79 Å². The first-order valence-corrected chi connectivity index (χ1v) is 6.79. The Labute approximate surface area is 109 Å². The van der Waals surface area contributed by atoms with Crippen molar-refractivity contribution in [3.8, 4) is 0 Å². The lowest BCUT2D eigenvalue weighted by atomic mass is 9.98. The Morgan fingerprint density at radius 3 is 2.44 bits per heavy atom. The third-order valence-corrected chi connectivity index (χ3v) is 3.85. The molecule has 0 aromatic carbocycles. The Balaban J connectivity index is 2.53. The van der Waals surface area contributed by atoms with Gasteiger partial charge in [-0.2, -0.15) is 0 Å². The molecule has 1 atom stereocenters. The molecule has 1 amide bonds. The molecule has 0 spiro atoms. The van der Waals surface area contributed by atoms with Crippen LogP contribution in [0.5, 0.6) is 0 Å². The molecule has 1 fully saturated rings. The highest BCUT2D eigenvalue weighted by Gasteiger charge is 2.25.